The van der Waals surface area contributed by atoms with E-state index in [0.29, 0.717) is 18.9 Å². The summed E-state index contributed by atoms with van der Waals surface area (Å²) in [6.45, 7) is 5.28. The minimum atomic E-state index is -0.474. The molecule has 0 fully saturated rings. The zero-order valence-electron chi connectivity index (χ0n) is 12.3. The van der Waals surface area contributed by atoms with Gasteiger partial charge in [-0.2, -0.15) is 0 Å². The molecule has 1 aliphatic heterocycles. The molecule has 0 radical (unpaired) electrons. The molecule has 1 aromatic rings. The molecule has 110 valence electrons. The predicted molar refractivity (Wildman–Crippen MR) is 79.4 cm³/mol. The van der Waals surface area contributed by atoms with Crippen LogP contribution in [0.5, 0.6) is 5.75 Å². The largest absolute Gasteiger partial charge is 0.494 e. The van der Waals surface area contributed by atoms with Crippen LogP contribution in [0.15, 0.2) is 29.3 Å². The van der Waals surface area contributed by atoms with Gasteiger partial charge < -0.3 is 14.6 Å². The van der Waals surface area contributed by atoms with Crippen LogP contribution >= 0.6 is 0 Å². The summed E-state index contributed by atoms with van der Waals surface area (Å²) < 4.78 is 11.2. The Morgan fingerprint density at radius 1 is 1.35 bits per heavy atom. The van der Waals surface area contributed by atoms with Crippen molar-refractivity contribution in [3.63, 3.8) is 0 Å². The predicted octanol–water partition coefficient (Wildman–Crippen LogP) is 2.59. The van der Waals surface area contributed by atoms with Crippen molar-refractivity contribution in [2.24, 2.45) is 4.99 Å². The molecule has 0 unspecified atom stereocenters. The number of aliphatic hydroxyl groups excluding tert-OH is 1. The molecule has 20 heavy (non-hydrogen) atoms. The van der Waals surface area contributed by atoms with Crippen LogP contribution in [-0.4, -0.2) is 36.4 Å². The quantitative estimate of drug-likeness (QED) is 0.779. The van der Waals surface area contributed by atoms with Gasteiger partial charge in [0.25, 0.3) is 0 Å². The lowest BCUT2D eigenvalue weighted by Gasteiger charge is -2.12. The first-order chi connectivity index (χ1) is 9.65. The second kappa shape index (κ2) is 6.75. The lowest BCUT2D eigenvalue weighted by atomic mass is 10.1. The maximum Gasteiger partial charge on any atom is 0.188 e. The van der Waals surface area contributed by atoms with Crippen molar-refractivity contribution >= 4 is 5.90 Å². The van der Waals surface area contributed by atoms with Crippen LogP contribution in [0.25, 0.3) is 0 Å². The van der Waals surface area contributed by atoms with Crippen LogP contribution in [0.4, 0.5) is 0 Å². The number of aliphatic hydroxyl groups is 1. The number of nitrogens with zero attached hydrogens (tertiary/aromatic N) is 1. The third-order valence-electron chi connectivity index (χ3n) is 3.33. The fourth-order valence-corrected chi connectivity index (χ4v) is 1.99. The van der Waals surface area contributed by atoms with Crippen molar-refractivity contribution in [3.05, 3.63) is 29.8 Å². The summed E-state index contributed by atoms with van der Waals surface area (Å²) in [5.74, 6) is 1.60. The van der Waals surface area contributed by atoms with Gasteiger partial charge in [-0.15, -0.1) is 0 Å². The summed E-state index contributed by atoms with van der Waals surface area (Å²) in [6.07, 6.45) is 2.87. The number of aliphatic imine (C=N–C) groups is 1. The first-order valence-electron chi connectivity index (χ1n) is 7.19. The van der Waals surface area contributed by atoms with Crippen LogP contribution in [0, 0.1) is 0 Å². The molecule has 0 spiro atoms. The minimum Gasteiger partial charge on any atom is -0.494 e. The second-order valence-corrected chi connectivity index (χ2v) is 5.47. The topological polar surface area (TPSA) is 51.0 Å². The van der Waals surface area contributed by atoms with Crippen molar-refractivity contribution in [3.8, 4) is 5.75 Å². The second-order valence-electron chi connectivity index (χ2n) is 5.47. The highest BCUT2D eigenvalue weighted by molar-refractivity contribution is 5.80. The Kier molecular flexibility index (Phi) is 5.01. The first kappa shape index (κ1) is 14.9. The smallest absolute Gasteiger partial charge is 0.188 e. The summed E-state index contributed by atoms with van der Waals surface area (Å²) in [5, 5.41) is 9.24. The van der Waals surface area contributed by atoms with Gasteiger partial charge in [-0.3, -0.25) is 0 Å². The number of benzene rings is 1. The maximum atomic E-state index is 9.24. The molecular weight excluding hydrogens is 254 g/mol. The Hall–Kier alpha value is -1.55. The summed E-state index contributed by atoms with van der Waals surface area (Å²) in [4.78, 5) is 4.43. The van der Waals surface area contributed by atoms with E-state index in [1.165, 1.54) is 0 Å². The van der Waals surface area contributed by atoms with Gasteiger partial charge in [-0.05, 0) is 31.0 Å². The highest BCUT2D eigenvalue weighted by atomic mass is 16.5. The van der Waals surface area contributed by atoms with Crippen LogP contribution in [0.2, 0.25) is 0 Å². The Morgan fingerprint density at radius 3 is 2.70 bits per heavy atom. The number of unbranched alkanes of at least 4 members (excludes halogenated alkanes) is 1. The highest BCUT2D eigenvalue weighted by Gasteiger charge is 2.30. The fraction of sp³-hybridized carbons (Fsp3) is 0.562. The molecule has 0 aromatic heterocycles. The Morgan fingerprint density at radius 2 is 2.10 bits per heavy atom. The molecule has 1 N–H and O–H groups in total. The van der Waals surface area contributed by atoms with Gasteiger partial charge in [-0.25, -0.2) is 4.99 Å². The standard InChI is InChI=1S/C16H23NO3/c1-3-4-9-19-14-7-5-13(6-8-14)10-15-17-16(2,11-18)12-20-15/h5-8,18H,3-4,9-12H2,1-2H3/t16-/m1/s1. The third-order valence-corrected chi connectivity index (χ3v) is 3.33. The van der Waals surface area contributed by atoms with E-state index >= 15 is 0 Å². The van der Waals surface area contributed by atoms with E-state index in [-0.39, 0.29) is 6.61 Å². The summed E-state index contributed by atoms with van der Waals surface area (Å²) in [7, 11) is 0. The lowest BCUT2D eigenvalue weighted by molar-refractivity contribution is 0.169. The summed E-state index contributed by atoms with van der Waals surface area (Å²) in [5.41, 5.74) is 0.659. The lowest BCUT2D eigenvalue weighted by Crippen LogP contribution is -2.28. The van der Waals surface area contributed by atoms with Gasteiger partial charge in [-0.1, -0.05) is 25.5 Å². The van der Waals surface area contributed by atoms with Crippen molar-refractivity contribution in [2.75, 3.05) is 19.8 Å². The number of rotatable bonds is 7. The maximum absolute atomic E-state index is 9.24. The Labute approximate surface area is 120 Å². The Balaban J connectivity index is 1.90. The molecule has 4 nitrogen and oxygen atoms in total. The van der Waals surface area contributed by atoms with E-state index in [4.69, 9.17) is 9.47 Å². The van der Waals surface area contributed by atoms with Crippen LogP contribution in [0.3, 0.4) is 0 Å². The number of ether oxygens (including phenoxy) is 2. The monoisotopic (exact) mass is 277 g/mol. The van der Waals surface area contributed by atoms with E-state index in [1.54, 1.807) is 0 Å². The Bertz CT molecular complexity index is 455. The molecule has 1 aliphatic rings. The van der Waals surface area contributed by atoms with E-state index in [9.17, 15) is 5.11 Å². The van der Waals surface area contributed by atoms with Crippen LogP contribution in [0.1, 0.15) is 32.3 Å². The number of hydrogen-bond acceptors (Lipinski definition) is 4. The van der Waals surface area contributed by atoms with Crippen molar-refractivity contribution in [1.82, 2.24) is 0 Å². The average Bonchev–Trinajstić information content (AvgIpc) is 2.83. The van der Waals surface area contributed by atoms with Crippen molar-refractivity contribution in [1.29, 1.82) is 0 Å². The van der Waals surface area contributed by atoms with Gasteiger partial charge in [0.15, 0.2) is 5.90 Å². The molecule has 1 aromatic carbocycles. The highest BCUT2D eigenvalue weighted by Crippen LogP contribution is 2.20. The van der Waals surface area contributed by atoms with E-state index in [0.717, 1.165) is 30.8 Å². The SMILES string of the molecule is CCCCOc1ccc(CC2=N[C@](C)(CO)CO2)cc1. The zero-order valence-corrected chi connectivity index (χ0v) is 12.3. The average molecular weight is 277 g/mol. The molecule has 2 rings (SSSR count). The fourth-order valence-electron chi connectivity index (χ4n) is 1.99. The minimum absolute atomic E-state index is 0.0146. The summed E-state index contributed by atoms with van der Waals surface area (Å²) >= 11 is 0. The van der Waals surface area contributed by atoms with Crippen molar-refractivity contribution in [2.45, 2.75) is 38.6 Å². The third kappa shape index (κ3) is 3.97. The van der Waals surface area contributed by atoms with Crippen LogP contribution < -0.4 is 4.74 Å². The molecular formula is C16H23NO3. The molecule has 4 heteroatoms. The number of hydrogen-bond donors (Lipinski definition) is 1. The van der Waals surface area contributed by atoms with E-state index in [2.05, 4.69) is 11.9 Å². The van der Waals surface area contributed by atoms with Gasteiger partial charge >= 0.3 is 0 Å². The molecule has 1 heterocycles. The summed E-state index contributed by atoms with van der Waals surface area (Å²) in [6, 6.07) is 8.01. The van der Waals surface area contributed by atoms with Gasteiger partial charge in [0.05, 0.1) is 13.2 Å². The molecule has 0 saturated heterocycles. The van der Waals surface area contributed by atoms with Gasteiger partial charge in [0, 0.05) is 6.42 Å². The molecule has 1 atom stereocenters. The zero-order chi connectivity index (χ0) is 14.4. The van der Waals surface area contributed by atoms with E-state index in [1.807, 2.05) is 31.2 Å². The molecule has 0 aliphatic carbocycles. The molecule has 0 bridgehead atoms. The van der Waals surface area contributed by atoms with Crippen molar-refractivity contribution < 1.29 is 14.6 Å². The van der Waals surface area contributed by atoms with Gasteiger partial charge in [0.1, 0.15) is 17.9 Å². The van der Waals surface area contributed by atoms with Gasteiger partial charge in [0.2, 0.25) is 0 Å². The molecule has 0 amide bonds. The molecule has 0 saturated carbocycles. The van der Waals surface area contributed by atoms with E-state index < -0.39 is 5.54 Å². The first-order valence-corrected chi connectivity index (χ1v) is 7.19. The van der Waals surface area contributed by atoms with Crippen LogP contribution in [-0.2, 0) is 11.2 Å². The normalized spacial score (nSPS) is 21.4.